The van der Waals surface area contributed by atoms with Crippen molar-refractivity contribution < 1.29 is 27.2 Å². The van der Waals surface area contributed by atoms with Crippen LogP contribution in [0.4, 0.5) is 35.0 Å². The molecule has 4 N–H and O–H groups in total. The lowest BCUT2D eigenvalue weighted by Crippen LogP contribution is -2.12. The summed E-state index contributed by atoms with van der Waals surface area (Å²) in [4.78, 5) is 40.1. The molecule has 0 atom stereocenters. The number of nitrogens with one attached hydrogen (secondary N) is 2. The lowest BCUT2D eigenvalue weighted by atomic mass is 10.0. The highest BCUT2D eigenvalue weighted by molar-refractivity contribution is 6.04. The number of anilines is 3. The third-order valence-corrected chi connectivity index (χ3v) is 14.3. The van der Waals surface area contributed by atoms with E-state index in [-0.39, 0.29) is 34.7 Å². The number of hydrogen-bond donors (Lipinski definition) is 3. The zero-order valence-electron chi connectivity index (χ0n) is 46.8. The highest BCUT2D eigenvalue weighted by Gasteiger charge is 2.22. The second-order valence-corrected chi connectivity index (χ2v) is 20.3. The molecule has 0 aliphatic rings. The summed E-state index contributed by atoms with van der Waals surface area (Å²) < 4.78 is 63.8. The van der Waals surface area contributed by atoms with Gasteiger partial charge in [-0.05, 0) is 152 Å². The Morgan fingerprint density at radius 2 is 0.811 bits per heavy atom. The first kappa shape index (κ1) is 55.1. The number of carbonyl (C=O) groups excluding carboxylic acids is 2. The fourth-order valence-corrected chi connectivity index (χ4v) is 10.3. The van der Waals surface area contributed by atoms with Gasteiger partial charge in [0.1, 0.15) is 40.4 Å². The number of fused-ring (bicyclic) bond motifs is 6. The van der Waals surface area contributed by atoms with Gasteiger partial charge in [0.2, 0.25) is 11.9 Å². The minimum atomic E-state index is -0.746. The predicted molar refractivity (Wildman–Crippen MR) is 329 cm³/mol. The van der Waals surface area contributed by atoms with Gasteiger partial charge in [0, 0.05) is 60.0 Å². The average molecular weight is 1200 g/mol. The highest BCUT2D eigenvalue weighted by atomic mass is 19.1. The molecule has 0 aliphatic carbocycles. The summed E-state index contributed by atoms with van der Waals surface area (Å²) in [5, 5.41) is 33.4. The number of nitrogens with zero attached hydrogens (tertiary/aromatic N) is 16. The summed E-state index contributed by atoms with van der Waals surface area (Å²) in [6, 6.07) is 49.4. The fraction of sp³-hybridized carbons (Fsp3) is 0.0154. The van der Waals surface area contributed by atoms with E-state index in [4.69, 9.17) is 15.9 Å². The molecule has 3 aromatic carbocycles. The number of pyridine rings is 4. The van der Waals surface area contributed by atoms with E-state index in [1.807, 2.05) is 104 Å². The Hall–Kier alpha value is -12.8. The maximum atomic E-state index is 13.5. The number of aromatic nitrogens is 16. The molecule has 0 radical (unpaired) electrons. The van der Waals surface area contributed by atoms with Crippen molar-refractivity contribution in [1.29, 1.82) is 0 Å². The van der Waals surface area contributed by atoms with Crippen LogP contribution in [0.15, 0.2) is 219 Å². The molecule has 0 unspecified atom stereocenters. The Kier molecular flexibility index (Phi) is 14.0. The lowest BCUT2D eigenvalue weighted by molar-refractivity contribution is -0.114. The quantitative estimate of drug-likeness (QED) is 0.0901. The maximum absolute atomic E-state index is 13.5. The van der Waals surface area contributed by atoms with Gasteiger partial charge in [-0.15, -0.1) is 0 Å². The van der Waals surface area contributed by atoms with Crippen molar-refractivity contribution in [3.8, 4) is 67.5 Å². The van der Waals surface area contributed by atoms with Crippen LogP contribution in [-0.2, 0) is 4.79 Å². The van der Waals surface area contributed by atoms with Gasteiger partial charge in [-0.25, -0.2) is 60.2 Å². The molecule has 25 heteroatoms. The third-order valence-electron chi connectivity index (χ3n) is 14.3. The van der Waals surface area contributed by atoms with Crippen molar-refractivity contribution in [3.05, 3.63) is 248 Å². The molecule has 0 aliphatic heterocycles. The molecule has 0 spiro atoms. The third kappa shape index (κ3) is 10.9. The molecule has 90 heavy (non-hydrogen) atoms. The van der Waals surface area contributed by atoms with Crippen molar-refractivity contribution in [2.75, 3.05) is 16.4 Å². The van der Waals surface area contributed by atoms with Crippen molar-refractivity contribution >= 4 is 62.8 Å². The van der Waals surface area contributed by atoms with Crippen LogP contribution >= 0.6 is 0 Å². The smallest absolute Gasteiger partial charge is 0.257 e. The Morgan fingerprint density at radius 1 is 0.422 bits per heavy atom. The van der Waals surface area contributed by atoms with E-state index in [0.29, 0.717) is 51.4 Å². The molecular weight excluding hydrogens is 1150 g/mol. The van der Waals surface area contributed by atoms with Crippen LogP contribution in [-0.4, -0.2) is 89.4 Å². The van der Waals surface area contributed by atoms with Gasteiger partial charge in [0.05, 0.1) is 68.9 Å². The number of amides is 2. The standard InChI is InChI=1S/C25H15F2N7O.C21H15FN6O.C19H13FN6/c26-17-6-4-15(5-7-17)24-23(19-3-1-2-12-33(19)32-24)18-8-9-22-29-21(14-34(22)31-18)30-25(35)16-10-11-28-20(27)13-16;1-13(29)23-18-12-28-19(24-18)10-9-16(25-28)20-17-4-2-3-11-27(17)26-21(20)14-5-7-15(22)8-6-14;20-13-6-4-12(5-7-13)19-18(15-3-1-2-10-25(15)24-19)14-8-9-17-22-16(21)11-26(17)23-14/h1-14H,(H,30,35);2-12H,1H3,(H,23,29);1-11H,21H2. The Balaban J connectivity index is 0.000000119. The largest absolute Gasteiger partial charge is 0.382 e. The molecule has 0 fully saturated rings. The van der Waals surface area contributed by atoms with Gasteiger partial charge >= 0.3 is 0 Å². The van der Waals surface area contributed by atoms with Gasteiger partial charge in [-0.1, -0.05) is 18.2 Å². The van der Waals surface area contributed by atoms with Crippen LogP contribution in [0.2, 0.25) is 0 Å². The number of carbonyl (C=O) groups is 2. The van der Waals surface area contributed by atoms with Crippen LogP contribution in [0.3, 0.4) is 0 Å². The Morgan fingerprint density at radius 3 is 1.21 bits per heavy atom. The summed E-state index contributed by atoms with van der Waals surface area (Å²) in [6.45, 7) is 1.43. The summed E-state index contributed by atoms with van der Waals surface area (Å²) in [6.07, 6.45) is 11.7. The van der Waals surface area contributed by atoms with E-state index in [1.165, 1.54) is 55.6 Å². The van der Waals surface area contributed by atoms with Crippen LogP contribution < -0.4 is 16.4 Å². The minimum absolute atomic E-state index is 0.124. The first-order valence-electron chi connectivity index (χ1n) is 27.6. The second kappa shape index (κ2) is 22.9. The first-order chi connectivity index (χ1) is 43.8. The zero-order chi connectivity index (χ0) is 61.6. The van der Waals surface area contributed by atoms with Gasteiger partial charge < -0.3 is 16.4 Å². The van der Waals surface area contributed by atoms with Gasteiger partial charge in [0.15, 0.2) is 28.6 Å². The number of nitrogen functional groups attached to an aromatic ring is 1. The monoisotopic (exact) mass is 1200 g/mol. The van der Waals surface area contributed by atoms with Crippen LogP contribution in [0.5, 0.6) is 0 Å². The molecule has 16 rings (SSSR count). The predicted octanol–water partition coefficient (Wildman–Crippen LogP) is 11.9. The molecule has 21 nitrogen and oxygen atoms in total. The molecule has 2 amide bonds. The topological polar surface area (TPSA) is 240 Å². The Labute approximate surface area is 504 Å². The zero-order valence-corrected chi connectivity index (χ0v) is 46.8. The van der Waals surface area contributed by atoms with Gasteiger partial charge in [-0.2, -0.15) is 35.0 Å². The summed E-state index contributed by atoms with van der Waals surface area (Å²) >= 11 is 0. The number of imidazole rings is 3. The molecule has 0 saturated carbocycles. The number of rotatable bonds is 9. The average Bonchev–Trinajstić information content (AvgIpc) is 1.78. The molecule has 13 aromatic heterocycles. The Bertz CT molecular complexity index is 5400. The van der Waals surface area contributed by atoms with Crippen molar-refractivity contribution in [2.45, 2.75) is 6.92 Å². The van der Waals surface area contributed by atoms with E-state index >= 15 is 0 Å². The number of hydrogen-bond acceptors (Lipinski definition) is 13. The fourth-order valence-electron chi connectivity index (χ4n) is 10.3. The van der Waals surface area contributed by atoms with Crippen LogP contribution in [0, 0.1) is 23.4 Å². The summed E-state index contributed by atoms with van der Waals surface area (Å²) in [7, 11) is 0. The first-order valence-corrected chi connectivity index (χ1v) is 27.6. The minimum Gasteiger partial charge on any atom is -0.382 e. The van der Waals surface area contributed by atoms with E-state index < -0.39 is 11.9 Å². The van der Waals surface area contributed by atoms with E-state index in [1.54, 1.807) is 88.1 Å². The van der Waals surface area contributed by atoms with Crippen LogP contribution in [0.1, 0.15) is 17.3 Å². The van der Waals surface area contributed by atoms with E-state index in [2.05, 4.69) is 51.0 Å². The maximum Gasteiger partial charge on any atom is 0.257 e. The van der Waals surface area contributed by atoms with E-state index in [0.717, 1.165) is 67.4 Å². The van der Waals surface area contributed by atoms with Gasteiger partial charge in [-0.3, -0.25) is 9.59 Å². The number of nitrogens with two attached hydrogens (primary N) is 1. The molecule has 438 valence electrons. The lowest BCUT2D eigenvalue weighted by Gasteiger charge is -2.04. The summed E-state index contributed by atoms with van der Waals surface area (Å²) in [5.41, 5.74) is 19.2. The van der Waals surface area contributed by atoms with Crippen molar-refractivity contribution in [3.63, 3.8) is 0 Å². The summed E-state index contributed by atoms with van der Waals surface area (Å²) in [5.74, 6) is -1.28. The van der Waals surface area contributed by atoms with Gasteiger partial charge in [0.25, 0.3) is 5.91 Å². The number of benzene rings is 3. The van der Waals surface area contributed by atoms with Crippen molar-refractivity contribution in [2.24, 2.45) is 0 Å². The highest BCUT2D eigenvalue weighted by Crippen LogP contribution is 2.38. The molecule has 0 saturated heterocycles. The molecule has 0 bridgehead atoms. The van der Waals surface area contributed by atoms with Crippen molar-refractivity contribution in [1.82, 2.24) is 77.6 Å². The number of halogens is 4. The van der Waals surface area contributed by atoms with E-state index in [9.17, 15) is 27.2 Å². The molecule has 16 aromatic rings. The molecule has 13 heterocycles. The second-order valence-electron chi connectivity index (χ2n) is 20.3. The molecular formula is C65H43F4N19O2. The van der Waals surface area contributed by atoms with Crippen LogP contribution in [0.25, 0.3) is 101 Å². The normalized spacial score (nSPS) is 11.3. The SMILES string of the molecule is CC(=O)Nc1cn2nc(-c3c(-c4ccc(F)cc4)nn4ccccc34)ccc2n1.Nc1cn2nc(-c3c(-c4ccc(F)cc4)nn4ccccc34)ccc2n1.O=C(Nc1cn2nc(-c3c(-c4ccc(F)cc4)nn4ccccc34)ccc2n1)c1ccnc(F)c1.